The molecule has 0 aliphatic rings. The predicted octanol–water partition coefficient (Wildman–Crippen LogP) is 2.74. The molecule has 0 aliphatic carbocycles. The van der Waals surface area contributed by atoms with Gasteiger partial charge in [0.2, 0.25) is 5.95 Å². The lowest BCUT2D eigenvalue weighted by atomic mass is 10.1. The van der Waals surface area contributed by atoms with Gasteiger partial charge < -0.3 is 21.1 Å². The molecule has 2 heterocycles. The van der Waals surface area contributed by atoms with E-state index in [2.05, 4.69) is 20.3 Å². The fourth-order valence-corrected chi connectivity index (χ4v) is 3.78. The van der Waals surface area contributed by atoms with Crippen molar-refractivity contribution < 1.29 is 14.6 Å². The Bertz CT molecular complexity index is 1210. The Balaban J connectivity index is 1.64. The maximum Gasteiger partial charge on any atom is 0.296 e. The zero-order valence-electron chi connectivity index (χ0n) is 16.0. The molecule has 0 amide bonds. The van der Waals surface area contributed by atoms with E-state index in [-0.39, 0.29) is 24.5 Å². The number of hydrogen-bond acceptors (Lipinski definition) is 7. The maximum atomic E-state index is 11.2. The van der Waals surface area contributed by atoms with Crippen molar-refractivity contribution >= 4 is 31.0 Å². The third-order valence-corrected chi connectivity index (χ3v) is 5.29. The van der Waals surface area contributed by atoms with E-state index in [9.17, 15) is 14.6 Å². The summed E-state index contributed by atoms with van der Waals surface area (Å²) in [5, 5.41) is 13.5. The monoisotopic (exact) mass is 424 g/mol. The average molecular weight is 424 g/mol. The molecule has 0 aliphatic heterocycles. The lowest BCUT2D eigenvalue weighted by Gasteiger charge is -2.09. The fourth-order valence-electron chi connectivity index (χ4n) is 3.21. The Morgan fingerprint density at radius 2 is 1.73 bits per heavy atom. The summed E-state index contributed by atoms with van der Waals surface area (Å²) in [5.74, 6) is 0.495. The van der Waals surface area contributed by atoms with Gasteiger partial charge in [-0.05, 0) is 16.7 Å². The SMILES string of the molecule is Nc1nc(NCc2ccccc2)nc2c1nc(O)n2Cc1cccc(C[PH](=O)O)c1. The third-order valence-electron chi connectivity index (χ3n) is 4.58. The van der Waals surface area contributed by atoms with Crippen molar-refractivity contribution in [2.24, 2.45) is 0 Å². The van der Waals surface area contributed by atoms with Crippen molar-refractivity contribution in [2.75, 3.05) is 11.1 Å². The molecule has 154 valence electrons. The van der Waals surface area contributed by atoms with Crippen LogP contribution in [0.25, 0.3) is 11.2 Å². The van der Waals surface area contributed by atoms with E-state index in [1.54, 1.807) is 6.07 Å². The molecule has 0 bridgehead atoms. The highest BCUT2D eigenvalue weighted by molar-refractivity contribution is 7.37. The Kier molecular flexibility index (Phi) is 5.65. The summed E-state index contributed by atoms with van der Waals surface area (Å²) in [6.07, 6.45) is 0.109. The van der Waals surface area contributed by atoms with Crippen molar-refractivity contribution in [3.05, 3.63) is 71.3 Å². The Morgan fingerprint density at radius 3 is 2.50 bits per heavy atom. The molecule has 2 aromatic carbocycles. The molecule has 10 heteroatoms. The lowest BCUT2D eigenvalue weighted by Crippen LogP contribution is -2.08. The van der Waals surface area contributed by atoms with Crippen LogP contribution in [0.3, 0.4) is 0 Å². The minimum atomic E-state index is -2.61. The van der Waals surface area contributed by atoms with Gasteiger partial charge in [0, 0.05) is 12.7 Å². The molecular formula is C20H21N6O3P. The number of rotatable bonds is 7. The average Bonchev–Trinajstić information content (AvgIpc) is 3.03. The van der Waals surface area contributed by atoms with E-state index in [1.807, 2.05) is 48.5 Å². The van der Waals surface area contributed by atoms with E-state index in [1.165, 1.54) is 4.57 Å². The number of nitrogens with zero attached hydrogens (tertiary/aromatic N) is 4. The molecule has 0 radical (unpaired) electrons. The van der Waals surface area contributed by atoms with Crippen LogP contribution in [-0.2, 0) is 23.8 Å². The number of imidazole rings is 1. The highest BCUT2D eigenvalue weighted by atomic mass is 31.1. The minimum Gasteiger partial charge on any atom is -0.480 e. The summed E-state index contributed by atoms with van der Waals surface area (Å²) >= 11 is 0. The number of nitrogen functional groups attached to an aromatic ring is 1. The normalized spacial score (nSPS) is 12.2. The van der Waals surface area contributed by atoms with Gasteiger partial charge in [0.15, 0.2) is 25.0 Å². The van der Waals surface area contributed by atoms with Crippen LogP contribution in [0.2, 0.25) is 0 Å². The first-order valence-corrected chi connectivity index (χ1v) is 10.9. The second-order valence-corrected chi connectivity index (χ2v) is 7.97. The number of aromatic hydroxyl groups is 1. The molecule has 0 saturated carbocycles. The minimum absolute atomic E-state index is 0.109. The Morgan fingerprint density at radius 1 is 1.00 bits per heavy atom. The largest absolute Gasteiger partial charge is 0.480 e. The first-order chi connectivity index (χ1) is 14.5. The van der Waals surface area contributed by atoms with E-state index < -0.39 is 8.03 Å². The second-order valence-electron chi connectivity index (χ2n) is 6.83. The topological polar surface area (TPSA) is 139 Å². The van der Waals surface area contributed by atoms with Gasteiger partial charge in [-0.25, -0.2) is 0 Å². The lowest BCUT2D eigenvalue weighted by molar-refractivity contribution is 0.408. The Labute approximate surface area is 173 Å². The van der Waals surface area contributed by atoms with Gasteiger partial charge in [-0.1, -0.05) is 54.6 Å². The highest BCUT2D eigenvalue weighted by Gasteiger charge is 2.17. The van der Waals surface area contributed by atoms with E-state index in [4.69, 9.17) is 5.73 Å². The second kappa shape index (κ2) is 8.52. The van der Waals surface area contributed by atoms with Gasteiger partial charge in [-0.15, -0.1) is 0 Å². The molecule has 2 aromatic heterocycles. The van der Waals surface area contributed by atoms with Crippen LogP contribution in [0.15, 0.2) is 54.6 Å². The van der Waals surface area contributed by atoms with Crippen LogP contribution in [-0.4, -0.2) is 29.5 Å². The molecule has 4 aromatic rings. The fraction of sp³-hybridized carbons (Fsp3) is 0.150. The molecule has 30 heavy (non-hydrogen) atoms. The van der Waals surface area contributed by atoms with Crippen LogP contribution < -0.4 is 11.1 Å². The first kappa shape index (κ1) is 19.9. The predicted molar refractivity (Wildman–Crippen MR) is 116 cm³/mol. The maximum absolute atomic E-state index is 11.2. The van der Waals surface area contributed by atoms with Gasteiger partial charge >= 0.3 is 0 Å². The molecule has 1 unspecified atom stereocenters. The molecule has 0 saturated heterocycles. The van der Waals surface area contributed by atoms with Crippen LogP contribution in [0, 0.1) is 0 Å². The Hall–Kier alpha value is -3.42. The van der Waals surface area contributed by atoms with E-state index >= 15 is 0 Å². The molecule has 4 rings (SSSR count). The molecule has 0 spiro atoms. The number of fused-ring (bicyclic) bond motifs is 1. The van der Waals surface area contributed by atoms with Crippen molar-refractivity contribution in [3.63, 3.8) is 0 Å². The van der Waals surface area contributed by atoms with Crippen molar-refractivity contribution in [2.45, 2.75) is 19.3 Å². The molecule has 1 atom stereocenters. The number of aromatic nitrogens is 4. The third kappa shape index (κ3) is 4.42. The number of nitrogens with one attached hydrogen (secondary N) is 1. The number of nitrogens with two attached hydrogens (primary N) is 1. The van der Waals surface area contributed by atoms with Gasteiger partial charge in [-0.3, -0.25) is 9.13 Å². The zero-order valence-corrected chi connectivity index (χ0v) is 17.0. The van der Waals surface area contributed by atoms with Crippen molar-refractivity contribution in [3.8, 4) is 6.01 Å². The van der Waals surface area contributed by atoms with Gasteiger partial charge in [0.1, 0.15) is 0 Å². The summed E-state index contributed by atoms with van der Waals surface area (Å²) < 4.78 is 12.7. The van der Waals surface area contributed by atoms with Gasteiger partial charge in [0.25, 0.3) is 6.01 Å². The number of anilines is 2. The van der Waals surface area contributed by atoms with E-state index in [0.29, 0.717) is 23.7 Å². The zero-order chi connectivity index (χ0) is 21.1. The van der Waals surface area contributed by atoms with Crippen LogP contribution in [0.1, 0.15) is 16.7 Å². The molecular weight excluding hydrogens is 403 g/mol. The number of benzene rings is 2. The quantitative estimate of drug-likeness (QED) is 0.332. The summed E-state index contributed by atoms with van der Waals surface area (Å²) in [6, 6.07) is 16.9. The van der Waals surface area contributed by atoms with Crippen LogP contribution in [0.5, 0.6) is 6.01 Å². The molecule has 0 fully saturated rings. The summed E-state index contributed by atoms with van der Waals surface area (Å²) in [4.78, 5) is 22.0. The summed E-state index contributed by atoms with van der Waals surface area (Å²) in [7, 11) is -2.61. The standard InChI is InChI=1S/C20H21N6O3P/c21-17-16-18(25-19(24-17)22-10-13-5-2-1-3-6-13)26(20(27)23-16)11-14-7-4-8-15(9-14)12-30(28)29/h1-9,30H,10-12H2,(H,23,27)(H,28,29)(H3,21,22,24,25). The van der Waals surface area contributed by atoms with E-state index in [0.717, 1.165) is 16.7 Å². The summed E-state index contributed by atoms with van der Waals surface area (Å²) in [6.45, 7) is 0.797. The van der Waals surface area contributed by atoms with Gasteiger partial charge in [-0.2, -0.15) is 15.0 Å². The van der Waals surface area contributed by atoms with Crippen LogP contribution >= 0.6 is 8.03 Å². The van der Waals surface area contributed by atoms with Crippen molar-refractivity contribution in [1.82, 2.24) is 19.5 Å². The molecule has 5 N–H and O–H groups in total. The highest BCUT2D eigenvalue weighted by Crippen LogP contribution is 2.26. The first-order valence-electron chi connectivity index (χ1n) is 9.29. The summed E-state index contributed by atoms with van der Waals surface area (Å²) in [5.41, 5.74) is 9.41. The van der Waals surface area contributed by atoms with Gasteiger partial charge in [0.05, 0.1) is 6.54 Å². The smallest absolute Gasteiger partial charge is 0.296 e. The van der Waals surface area contributed by atoms with Crippen molar-refractivity contribution in [1.29, 1.82) is 0 Å². The molecule has 9 nitrogen and oxygen atoms in total. The van der Waals surface area contributed by atoms with Crippen LogP contribution in [0.4, 0.5) is 11.8 Å². The number of hydrogen-bond donors (Lipinski definition) is 4.